The lowest BCUT2D eigenvalue weighted by atomic mass is 10.0. The van der Waals surface area contributed by atoms with Crippen LogP contribution < -0.4 is 9.57 Å². The molecular weight excluding hydrogens is 392 g/mol. The molecule has 0 atom stereocenters. The first kappa shape index (κ1) is 20.6. The lowest BCUT2D eigenvalue weighted by Crippen LogP contribution is -2.19. The Morgan fingerprint density at radius 3 is 2.21 bits per heavy atom. The minimum atomic E-state index is -3.30. The molecular formula is C21H22N2O5S. The van der Waals surface area contributed by atoms with Gasteiger partial charge in [0, 0.05) is 23.8 Å². The van der Waals surface area contributed by atoms with Gasteiger partial charge in [-0.25, -0.2) is 13.2 Å². The zero-order valence-corrected chi connectivity index (χ0v) is 17.3. The molecule has 29 heavy (non-hydrogen) atoms. The van der Waals surface area contributed by atoms with Crippen molar-refractivity contribution in [1.29, 1.82) is 0 Å². The van der Waals surface area contributed by atoms with Gasteiger partial charge in [-0.2, -0.15) is 0 Å². The summed E-state index contributed by atoms with van der Waals surface area (Å²) in [6.45, 7) is 1.89. The van der Waals surface area contributed by atoms with Crippen molar-refractivity contribution in [3.05, 3.63) is 54.7 Å². The van der Waals surface area contributed by atoms with E-state index in [1.165, 1.54) is 12.1 Å². The van der Waals surface area contributed by atoms with Gasteiger partial charge in [-0.3, -0.25) is 0 Å². The minimum Gasteiger partial charge on any atom is -0.497 e. The van der Waals surface area contributed by atoms with Crippen LogP contribution in [-0.2, 0) is 14.6 Å². The highest BCUT2D eigenvalue weighted by Crippen LogP contribution is 2.32. The predicted molar refractivity (Wildman–Crippen MR) is 109 cm³/mol. The van der Waals surface area contributed by atoms with Gasteiger partial charge in [-0.05, 0) is 36.2 Å². The molecule has 0 saturated carbocycles. The Hall–Kier alpha value is -3.13. The van der Waals surface area contributed by atoms with Gasteiger partial charge in [0.15, 0.2) is 9.84 Å². The Labute approximate surface area is 169 Å². The molecule has 1 aromatic heterocycles. The van der Waals surface area contributed by atoms with Crippen molar-refractivity contribution >= 4 is 15.8 Å². The van der Waals surface area contributed by atoms with E-state index in [0.29, 0.717) is 17.7 Å². The van der Waals surface area contributed by atoms with Gasteiger partial charge in [-0.1, -0.05) is 36.0 Å². The molecule has 2 aromatic carbocycles. The molecule has 7 nitrogen and oxygen atoms in total. The number of benzene rings is 2. The average molecular weight is 414 g/mol. The van der Waals surface area contributed by atoms with E-state index >= 15 is 0 Å². The molecule has 0 fully saturated rings. The SMILES string of the molecule is CCCC(=O)On1cc(-c2ccc(OC)cc2)c(-c2ccc(S(C)(=O)=O)cc2)n1. The summed E-state index contributed by atoms with van der Waals surface area (Å²) in [5, 5.41) is 4.41. The van der Waals surface area contributed by atoms with Crippen LogP contribution in [-0.4, -0.2) is 37.7 Å². The Morgan fingerprint density at radius 1 is 1.03 bits per heavy atom. The third-order valence-corrected chi connectivity index (χ3v) is 5.43. The number of carbonyl (C=O) groups excluding carboxylic acids is 1. The van der Waals surface area contributed by atoms with Crippen LogP contribution in [0.4, 0.5) is 0 Å². The van der Waals surface area contributed by atoms with Gasteiger partial charge >= 0.3 is 5.97 Å². The fraction of sp³-hybridized carbons (Fsp3) is 0.238. The van der Waals surface area contributed by atoms with Gasteiger partial charge in [0.05, 0.1) is 18.2 Å². The third-order valence-electron chi connectivity index (χ3n) is 4.30. The summed E-state index contributed by atoms with van der Waals surface area (Å²) in [7, 11) is -1.71. The van der Waals surface area contributed by atoms with Gasteiger partial charge in [0.25, 0.3) is 0 Å². The second kappa shape index (κ2) is 8.48. The quantitative estimate of drug-likeness (QED) is 0.589. The van der Waals surface area contributed by atoms with Crippen molar-refractivity contribution < 1.29 is 22.8 Å². The summed E-state index contributed by atoms with van der Waals surface area (Å²) >= 11 is 0. The fourth-order valence-corrected chi connectivity index (χ4v) is 3.44. The molecule has 1 heterocycles. The Kier molecular flexibility index (Phi) is 6.03. The van der Waals surface area contributed by atoms with Gasteiger partial charge in [-0.15, -0.1) is 5.10 Å². The van der Waals surface area contributed by atoms with Crippen molar-refractivity contribution in [3.8, 4) is 28.1 Å². The van der Waals surface area contributed by atoms with Crippen molar-refractivity contribution in [2.75, 3.05) is 13.4 Å². The maximum atomic E-state index is 11.9. The molecule has 0 spiro atoms. The molecule has 152 valence electrons. The largest absolute Gasteiger partial charge is 0.497 e. The molecule has 0 amide bonds. The normalized spacial score (nSPS) is 11.3. The number of methoxy groups -OCH3 is 1. The van der Waals surface area contributed by atoms with E-state index in [9.17, 15) is 13.2 Å². The molecule has 0 aliphatic rings. The number of ether oxygens (including phenoxy) is 1. The number of aromatic nitrogens is 2. The second-order valence-corrected chi connectivity index (χ2v) is 8.55. The Balaban J connectivity index is 2.05. The Bertz CT molecular complexity index is 1100. The first-order valence-electron chi connectivity index (χ1n) is 9.07. The number of rotatable bonds is 7. The van der Waals surface area contributed by atoms with Crippen LogP contribution in [0.2, 0.25) is 0 Å². The van der Waals surface area contributed by atoms with E-state index in [-0.39, 0.29) is 17.3 Å². The number of hydrogen-bond donors (Lipinski definition) is 0. The lowest BCUT2D eigenvalue weighted by molar-refractivity contribution is -0.145. The molecule has 0 unspecified atom stereocenters. The van der Waals surface area contributed by atoms with Crippen LogP contribution in [0.1, 0.15) is 19.8 Å². The molecule has 0 bridgehead atoms. The van der Waals surface area contributed by atoms with Crippen molar-refractivity contribution in [2.24, 2.45) is 0 Å². The van der Waals surface area contributed by atoms with Crippen LogP contribution in [0.3, 0.4) is 0 Å². The fourth-order valence-electron chi connectivity index (χ4n) is 2.81. The molecule has 0 aliphatic carbocycles. The van der Waals surface area contributed by atoms with Crippen LogP contribution in [0.5, 0.6) is 5.75 Å². The molecule has 0 saturated heterocycles. The number of nitrogens with zero attached hydrogens (tertiary/aromatic N) is 2. The lowest BCUT2D eigenvalue weighted by Gasteiger charge is -2.05. The molecule has 0 radical (unpaired) electrons. The average Bonchev–Trinajstić information content (AvgIpc) is 3.11. The molecule has 0 aliphatic heterocycles. The maximum absolute atomic E-state index is 11.9. The molecule has 8 heteroatoms. The molecule has 3 rings (SSSR count). The van der Waals surface area contributed by atoms with Crippen LogP contribution >= 0.6 is 0 Å². The minimum absolute atomic E-state index is 0.223. The highest BCUT2D eigenvalue weighted by molar-refractivity contribution is 7.90. The van der Waals surface area contributed by atoms with E-state index in [1.54, 1.807) is 25.4 Å². The molecule has 3 aromatic rings. The summed E-state index contributed by atoms with van der Waals surface area (Å²) in [6.07, 6.45) is 3.75. The van der Waals surface area contributed by atoms with Gasteiger partial charge in [0.2, 0.25) is 0 Å². The number of hydrogen-bond acceptors (Lipinski definition) is 6. The smallest absolute Gasteiger partial charge is 0.334 e. The van der Waals surface area contributed by atoms with Crippen molar-refractivity contribution in [2.45, 2.75) is 24.7 Å². The second-order valence-electron chi connectivity index (χ2n) is 6.53. The summed E-state index contributed by atoms with van der Waals surface area (Å²) in [5.41, 5.74) is 2.86. The predicted octanol–water partition coefficient (Wildman–Crippen LogP) is 3.38. The van der Waals surface area contributed by atoms with Crippen LogP contribution in [0, 0.1) is 0 Å². The Morgan fingerprint density at radius 2 is 1.66 bits per heavy atom. The zero-order valence-electron chi connectivity index (χ0n) is 16.5. The monoisotopic (exact) mass is 414 g/mol. The van der Waals surface area contributed by atoms with Gasteiger partial charge < -0.3 is 9.57 Å². The first-order valence-corrected chi connectivity index (χ1v) is 11.0. The van der Waals surface area contributed by atoms with Crippen molar-refractivity contribution in [3.63, 3.8) is 0 Å². The summed E-state index contributed by atoms with van der Waals surface area (Å²) < 4.78 is 28.7. The van der Waals surface area contributed by atoms with E-state index in [1.807, 2.05) is 31.2 Å². The summed E-state index contributed by atoms with van der Waals surface area (Å²) in [4.78, 5) is 18.5. The first-order chi connectivity index (χ1) is 13.8. The highest BCUT2D eigenvalue weighted by atomic mass is 32.2. The highest BCUT2D eigenvalue weighted by Gasteiger charge is 2.17. The van der Waals surface area contributed by atoms with E-state index in [2.05, 4.69) is 5.10 Å². The topological polar surface area (TPSA) is 87.5 Å². The molecule has 0 N–H and O–H groups in total. The van der Waals surface area contributed by atoms with Crippen LogP contribution in [0.25, 0.3) is 22.4 Å². The number of sulfone groups is 1. The van der Waals surface area contributed by atoms with Crippen LogP contribution in [0.15, 0.2) is 59.6 Å². The summed E-state index contributed by atoms with van der Waals surface area (Å²) in [5.74, 6) is 0.338. The van der Waals surface area contributed by atoms with E-state index < -0.39 is 9.84 Å². The maximum Gasteiger partial charge on any atom is 0.334 e. The summed E-state index contributed by atoms with van der Waals surface area (Å²) in [6, 6.07) is 13.8. The zero-order chi connectivity index (χ0) is 21.0. The van der Waals surface area contributed by atoms with E-state index in [4.69, 9.17) is 9.57 Å². The van der Waals surface area contributed by atoms with Gasteiger partial charge in [0.1, 0.15) is 11.4 Å². The van der Waals surface area contributed by atoms with E-state index in [0.717, 1.165) is 28.0 Å². The standard InChI is InChI=1S/C21H22N2O5S/c1-4-5-20(24)28-23-14-19(15-6-10-17(27-2)11-7-15)21(22-23)16-8-12-18(13-9-16)29(3,25)26/h6-14H,4-5H2,1-3H3. The third kappa shape index (κ3) is 4.83. The number of carbonyl (C=O) groups is 1. The van der Waals surface area contributed by atoms with Crippen molar-refractivity contribution in [1.82, 2.24) is 9.94 Å².